The summed E-state index contributed by atoms with van der Waals surface area (Å²) in [7, 11) is -3.66. The van der Waals surface area contributed by atoms with Crippen LogP contribution in [0.4, 0.5) is 4.79 Å². The van der Waals surface area contributed by atoms with Gasteiger partial charge in [-0.2, -0.15) is 8.42 Å². The van der Waals surface area contributed by atoms with Crippen molar-refractivity contribution in [1.82, 2.24) is 0 Å². The van der Waals surface area contributed by atoms with Crippen LogP contribution >= 0.6 is 0 Å². The van der Waals surface area contributed by atoms with Crippen LogP contribution in [0.1, 0.15) is 6.92 Å². The Morgan fingerprint density at radius 3 is 2.86 bits per heavy atom. The number of hydrogen-bond donors (Lipinski definition) is 0. The molecule has 1 unspecified atom stereocenters. The fourth-order valence-corrected chi connectivity index (χ4v) is 1.58. The minimum Gasteiger partial charge on any atom is -0.430 e. The fourth-order valence-electron chi connectivity index (χ4n) is 0.824. The zero-order valence-corrected chi connectivity index (χ0v) is 8.32. The Hall–Kier alpha value is -1.08. The minimum atomic E-state index is -3.66. The zero-order chi connectivity index (χ0) is 10.6. The third-order valence-corrected chi connectivity index (χ3v) is 2.44. The van der Waals surface area contributed by atoms with Crippen molar-refractivity contribution in [1.29, 1.82) is 0 Å². The molecular weight excluding hydrogens is 212 g/mol. The summed E-state index contributed by atoms with van der Waals surface area (Å²) in [5.74, 6) is 0. The van der Waals surface area contributed by atoms with E-state index >= 15 is 0 Å². The molecule has 7 heteroatoms. The van der Waals surface area contributed by atoms with Gasteiger partial charge in [-0.3, -0.25) is 4.18 Å². The normalized spacial score (nSPS) is 22.4. The van der Waals surface area contributed by atoms with Crippen molar-refractivity contribution in [2.24, 2.45) is 0 Å². The van der Waals surface area contributed by atoms with E-state index in [1.807, 2.05) is 0 Å². The van der Waals surface area contributed by atoms with Gasteiger partial charge in [0, 0.05) is 0 Å². The number of allylic oxidation sites excluding steroid dienone is 1. The lowest BCUT2D eigenvalue weighted by Crippen LogP contribution is -2.20. The van der Waals surface area contributed by atoms with E-state index in [0.717, 1.165) is 5.41 Å². The first-order chi connectivity index (χ1) is 6.53. The number of hydrogen-bond acceptors (Lipinski definition) is 6. The van der Waals surface area contributed by atoms with Crippen LogP contribution in [-0.2, 0) is 23.8 Å². The average Bonchev–Trinajstić information content (AvgIpc) is 2.48. The summed E-state index contributed by atoms with van der Waals surface area (Å²) in [6.07, 6.45) is -0.114. The van der Waals surface area contributed by atoms with Crippen LogP contribution in [0.2, 0.25) is 0 Å². The number of rotatable bonds is 4. The Bertz CT molecular complexity index is 330. The quantitative estimate of drug-likeness (QED) is 0.506. The van der Waals surface area contributed by atoms with Crippen LogP contribution < -0.4 is 0 Å². The summed E-state index contributed by atoms with van der Waals surface area (Å²) in [5, 5.41) is 0.921. The second-order valence-electron chi connectivity index (χ2n) is 2.55. The maximum atomic E-state index is 11.0. The number of ether oxygens (including phenoxy) is 2. The largest absolute Gasteiger partial charge is 0.508 e. The van der Waals surface area contributed by atoms with Crippen LogP contribution in [0.15, 0.2) is 11.5 Å². The molecule has 1 atom stereocenters. The highest BCUT2D eigenvalue weighted by atomic mass is 32.2. The summed E-state index contributed by atoms with van der Waals surface area (Å²) < 4.78 is 35.5. The van der Waals surface area contributed by atoms with Crippen LogP contribution in [0.25, 0.3) is 0 Å². The molecule has 1 aliphatic heterocycles. The van der Waals surface area contributed by atoms with Gasteiger partial charge in [0.15, 0.2) is 6.10 Å². The molecule has 0 spiro atoms. The van der Waals surface area contributed by atoms with Gasteiger partial charge in [0.1, 0.15) is 13.2 Å². The molecule has 14 heavy (non-hydrogen) atoms. The third kappa shape index (κ3) is 3.35. The van der Waals surface area contributed by atoms with Gasteiger partial charge < -0.3 is 9.47 Å². The lowest BCUT2D eigenvalue weighted by Gasteiger charge is -2.04. The summed E-state index contributed by atoms with van der Waals surface area (Å²) in [6, 6.07) is 0. The topological polar surface area (TPSA) is 78.9 Å². The molecule has 1 fully saturated rings. The lowest BCUT2D eigenvalue weighted by atomic mass is 10.4. The molecule has 0 radical (unpaired) electrons. The first-order valence-electron chi connectivity index (χ1n) is 3.89. The van der Waals surface area contributed by atoms with Crippen LogP contribution in [-0.4, -0.2) is 33.9 Å². The standard InChI is InChI=1S/C7H10O6S/c1-2-3-14(9,10)12-5-6-4-11-7(8)13-6/h2-3,6H,4-5H2,1H3. The van der Waals surface area contributed by atoms with E-state index < -0.39 is 22.4 Å². The van der Waals surface area contributed by atoms with Crippen molar-refractivity contribution in [3.05, 3.63) is 11.5 Å². The Balaban J connectivity index is 2.37. The lowest BCUT2D eigenvalue weighted by molar-refractivity contribution is 0.100. The molecule has 1 saturated heterocycles. The molecule has 80 valence electrons. The maximum absolute atomic E-state index is 11.0. The molecule has 6 nitrogen and oxygen atoms in total. The molecule has 0 aromatic rings. The molecule has 0 saturated carbocycles. The van der Waals surface area contributed by atoms with E-state index in [1.54, 1.807) is 6.92 Å². The highest BCUT2D eigenvalue weighted by molar-refractivity contribution is 7.89. The first-order valence-corrected chi connectivity index (χ1v) is 5.36. The van der Waals surface area contributed by atoms with Gasteiger partial charge in [-0.05, 0) is 6.92 Å². The predicted molar refractivity (Wildman–Crippen MR) is 45.9 cm³/mol. The van der Waals surface area contributed by atoms with E-state index in [4.69, 9.17) is 0 Å². The van der Waals surface area contributed by atoms with Crippen molar-refractivity contribution in [3.8, 4) is 0 Å². The zero-order valence-electron chi connectivity index (χ0n) is 7.50. The Morgan fingerprint density at radius 2 is 2.36 bits per heavy atom. The van der Waals surface area contributed by atoms with E-state index in [-0.39, 0.29) is 13.2 Å². The van der Waals surface area contributed by atoms with Gasteiger partial charge in [-0.25, -0.2) is 4.79 Å². The molecule has 1 rings (SSSR count). The second-order valence-corrected chi connectivity index (χ2v) is 4.04. The highest BCUT2D eigenvalue weighted by Crippen LogP contribution is 2.08. The Morgan fingerprint density at radius 1 is 1.64 bits per heavy atom. The van der Waals surface area contributed by atoms with Crippen LogP contribution in [0, 0.1) is 0 Å². The summed E-state index contributed by atoms with van der Waals surface area (Å²) >= 11 is 0. The van der Waals surface area contributed by atoms with Crippen molar-refractivity contribution in [2.75, 3.05) is 13.2 Å². The van der Waals surface area contributed by atoms with Crippen molar-refractivity contribution < 1.29 is 26.9 Å². The molecule has 0 aromatic heterocycles. The smallest absolute Gasteiger partial charge is 0.430 e. The van der Waals surface area contributed by atoms with E-state index in [9.17, 15) is 13.2 Å². The van der Waals surface area contributed by atoms with Crippen LogP contribution in [0.5, 0.6) is 0 Å². The second kappa shape index (κ2) is 4.43. The third-order valence-electron chi connectivity index (χ3n) is 1.37. The van der Waals surface area contributed by atoms with E-state index in [1.165, 1.54) is 6.08 Å². The molecule has 0 amide bonds. The number of cyclic esters (lactones) is 2. The highest BCUT2D eigenvalue weighted by Gasteiger charge is 2.26. The van der Waals surface area contributed by atoms with E-state index in [2.05, 4.69) is 13.7 Å². The van der Waals surface area contributed by atoms with Crippen LogP contribution in [0.3, 0.4) is 0 Å². The van der Waals surface area contributed by atoms with Gasteiger partial charge in [0.2, 0.25) is 0 Å². The molecule has 0 bridgehead atoms. The molecule has 1 heterocycles. The molecule has 0 aromatic carbocycles. The minimum absolute atomic E-state index is 0.0180. The predicted octanol–water partition coefficient (Wildman–Crippen LogP) is 0.402. The number of carbonyl (C=O) groups excluding carboxylic acids is 1. The van der Waals surface area contributed by atoms with Gasteiger partial charge in [0.05, 0.1) is 5.41 Å². The van der Waals surface area contributed by atoms with Gasteiger partial charge >= 0.3 is 6.16 Å². The summed E-state index contributed by atoms with van der Waals surface area (Å²) in [6.45, 7) is 1.35. The van der Waals surface area contributed by atoms with Gasteiger partial charge in [-0.1, -0.05) is 6.08 Å². The number of carbonyl (C=O) groups is 1. The molecule has 1 aliphatic rings. The Labute approximate surface area is 81.6 Å². The van der Waals surface area contributed by atoms with Crippen molar-refractivity contribution >= 4 is 16.3 Å². The van der Waals surface area contributed by atoms with Gasteiger partial charge in [0.25, 0.3) is 10.1 Å². The molecule has 0 aliphatic carbocycles. The SMILES string of the molecule is CC=CS(=O)(=O)OCC1COC(=O)O1. The molecule has 0 N–H and O–H groups in total. The van der Waals surface area contributed by atoms with E-state index in [0.29, 0.717) is 0 Å². The van der Waals surface area contributed by atoms with Crippen molar-refractivity contribution in [3.63, 3.8) is 0 Å². The average molecular weight is 222 g/mol. The van der Waals surface area contributed by atoms with Crippen molar-refractivity contribution in [2.45, 2.75) is 13.0 Å². The maximum Gasteiger partial charge on any atom is 0.508 e. The monoisotopic (exact) mass is 222 g/mol. The fraction of sp³-hybridized carbons (Fsp3) is 0.571. The molecular formula is C7H10O6S. The Kier molecular flexibility index (Phi) is 3.48. The summed E-state index contributed by atoms with van der Waals surface area (Å²) in [4.78, 5) is 10.4. The van der Waals surface area contributed by atoms with Gasteiger partial charge in [-0.15, -0.1) is 0 Å². The summed E-state index contributed by atoms with van der Waals surface area (Å²) in [5.41, 5.74) is 0. The first kappa shape index (κ1) is 11.0.